The van der Waals surface area contributed by atoms with E-state index in [0.717, 1.165) is 11.6 Å². The van der Waals surface area contributed by atoms with Gasteiger partial charge in [-0.2, -0.15) is 0 Å². The van der Waals surface area contributed by atoms with Crippen molar-refractivity contribution in [1.82, 2.24) is 4.98 Å². The third kappa shape index (κ3) is 3.26. The summed E-state index contributed by atoms with van der Waals surface area (Å²) in [5.41, 5.74) is 1.37. The van der Waals surface area contributed by atoms with Crippen LogP contribution >= 0.6 is 0 Å². The van der Waals surface area contributed by atoms with Gasteiger partial charge in [-0.25, -0.2) is 12.8 Å². The lowest BCUT2D eigenvalue weighted by Gasteiger charge is -2.08. The number of hydrogen-bond donors (Lipinski definition) is 2. The molecule has 0 saturated heterocycles. The number of nitrogens with one attached hydrogen (secondary N) is 2. The molecule has 0 atom stereocenters. The van der Waals surface area contributed by atoms with Crippen molar-refractivity contribution in [2.24, 2.45) is 0 Å². The van der Waals surface area contributed by atoms with E-state index in [1.165, 1.54) is 31.5 Å². The first-order valence-corrected chi connectivity index (χ1v) is 8.58. The van der Waals surface area contributed by atoms with Crippen molar-refractivity contribution >= 4 is 15.7 Å². The number of ether oxygens (including phenoxy) is 1. The van der Waals surface area contributed by atoms with Gasteiger partial charge >= 0.3 is 0 Å². The van der Waals surface area contributed by atoms with E-state index in [2.05, 4.69) is 9.71 Å². The number of halogens is 1. The van der Waals surface area contributed by atoms with Crippen molar-refractivity contribution < 1.29 is 17.5 Å². The van der Waals surface area contributed by atoms with Gasteiger partial charge in [-0.3, -0.25) is 4.72 Å². The lowest BCUT2D eigenvalue weighted by atomic mass is 10.2. The zero-order valence-corrected chi connectivity index (χ0v) is 13.6. The maximum Gasteiger partial charge on any atom is 0.263 e. The lowest BCUT2D eigenvalue weighted by Crippen LogP contribution is -2.13. The molecule has 5 nitrogen and oxygen atoms in total. The highest BCUT2D eigenvalue weighted by atomic mass is 32.2. The van der Waals surface area contributed by atoms with E-state index >= 15 is 0 Å². The van der Waals surface area contributed by atoms with Crippen LogP contribution in [0.25, 0.3) is 11.3 Å². The number of H-pyrrole nitrogens is 1. The van der Waals surface area contributed by atoms with Gasteiger partial charge in [0.15, 0.2) is 5.82 Å². The Kier molecular flexibility index (Phi) is 4.26. The average Bonchev–Trinajstić information content (AvgIpc) is 3.08. The molecule has 124 valence electrons. The third-order valence-electron chi connectivity index (χ3n) is 3.47. The smallest absolute Gasteiger partial charge is 0.263 e. The SMILES string of the molecule is COc1ccc(NS(=O)(=O)c2c[nH]c(-c3ccccc3)c2)c(F)c1. The molecule has 3 rings (SSSR count). The molecule has 0 unspecified atom stereocenters. The van der Waals surface area contributed by atoms with Gasteiger partial charge in [0.05, 0.1) is 12.8 Å². The van der Waals surface area contributed by atoms with E-state index in [4.69, 9.17) is 4.74 Å². The van der Waals surface area contributed by atoms with Crippen LogP contribution in [0.4, 0.5) is 10.1 Å². The van der Waals surface area contributed by atoms with Crippen LogP contribution in [-0.2, 0) is 10.0 Å². The monoisotopic (exact) mass is 346 g/mol. The minimum atomic E-state index is -3.90. The molecule has 0 aliphatic heterocycles. The predicted octanol–water partition coefficient (Wildman–Crippen LogP) is 3.63. The molecule has 0 spiro atoms. The van der Waals surface area contributed by atoms with Crippen molar-refractivity contribution in [3.8, 4) is 17.0 Å². The summed E-state index contributed by atoms with van der Waals surface area (Å²) >= 11 is 0. The Morgan fingerprint density at radius 3 is 2.50 bits per heavy atom. The highest BCUT2D eigenvalue weighted by Crippen LogP contribution is 2.25. The van der Waals surface area contributed by atoms with Crippen LogP contribution in [0.3, 0.4) is 0 Å². The Balaban J connectivity index is 1.88. The highest BCUT2D eigenvalue weighted by molar-refractivity contribution is 7.92. The van der Waals surface area contributed by atoms with E-state index in [9.17, 15) is 12.8 Å². The highest BCUT2D eigenvalue weighted by Gasteiger charge is 2.18. The van der Waals surface area contributed by atoms with E-state index in [1.807, 2.05) is 30.3 Å². The van der Waals surface area contributed by atoms with Crippen LogP contribution in [0, 0.1) is 5.82 Å². The van der Waals surface area contributed by atoms with Crippen molar-refractivity contribution in [2.45, 2.75) is 4.90 Å². The standard InChI is InChI=1S/C17H15FN2O3S/c1-23-13-7-8-16(15(18)9-13)20-24(21,22)14-10-17(19-11-14)12-5-3-2-4-6-12/h2-11,19-20H,1H3. The van der Waals surface area contributed by atoms with Crippen molar-refractivity contribution in [2.75, 3.05) is 11.8 Å². The summed E-state index contributed by atoms with van der Waals surface area (Å²) in [5, 5.41) is 0. The quantitative estimate of drug-likeness (QED) is 0.741. The fourth-order valence-corrected chi connectivity index (χ4v) is 3.28. The molecular formula is C17H15FN2O3S. The molecule has 0 fully saturated rings. The van der Waals surface area contributed by atoms with Crippen molar-refractivity contribution in [3.63, 3.8) is 0 Å². The van der Waals surface area contributed by atoms with Gasteiger partial charge in [0.1, 0.15) is 10.6 Å². The first-order chi connectivity index (χ1) is 11.5. The second-order valence-electron chi connectivity index (χ2n) is 5.07. The minimum absolute atomic E-state index is 0.0246. The van der Waals surface area contributed by atoms with E-state index in [1.54, 1.807) is 0 Å². The second kappa shape index (κ2) is 6.37. The Labute approximate surface area is 139 Å². The predicted molar refractivity (Wildman–Crippen MR) is 90.0 cm³/mol. The summed E-state index contributed by atoms with van der Waals surface area (Å²) in [6.07, 6.45) is 1.37. The number of aromatic amines is 1. The number of hydrogen-bond acceptors (Lipinski definition) is 3. The number of rotatable bonds is 5. The molecule has 2 N–H and O–H groups in total. The van der Waals surface area contributed by atoms with Crippen LogP contribution in [0.1, 0.15) is 0 Å². The third-order valence-corrected chi connectivity index (χ3v) is 4.82. The number of methoxy groups -OCH3 is 1. The molecule has 0 aliphatic carbocycles. The summed E-state index contributed by atoms with van der Waals surface area (Å²) in [7, 11) is -2.50. The molecule has 1 aromatic heterocycles. The van der Waals surface area contributed by atoms with E-state index in [0.29, 0.717) is 11.4 Å². The normalized spacial score (nSPS) is 11.2. The fraction of sp³-hybridized carbons (Fsp3) is 0.0588. The molecule has 7 heteroatoms. The van der Waals surface area contributed by atoms with Gasteiger partial charge in [-0.05, 0) is 23.8 Å². The number of anilines is 1. The Morgan fingerprint density at radius 2 is 1.83 bits per heavy atom. The van der Waals surface area contributed by atoms with Crippen LogP contribution < -0.4 is 9.46 Å². The van der Waals surface area contributed by atoms with E-state index < -0.39 is 15.8 Å². The fourth-order valence-electron chi connectivity index (χ4n) is 2.22. The average molecular weight is 346 g/mol. The van der Waals surface area contributed by atoms with Gasteiger partial charge in [-0.1, -0.05) is 30.3 Å². The van der Waals surface area contributed by atoms with Crippen molar-refractivity contribution in [3.05, 3.63) is 66.6 Å². The summed E-state index contributed by atoms with van der Waals surface area (Å²) < 4.78 is 45.9. The van der Waals surface area contributed by atoms with Crippen LogP contribution in [-0.4, -0.2) is 20.5 Å². The maximum atomic E-state index is 13.9. The summed E-state index contributed by atoms with van der Waals surface area (Å²) in [4.78, 5) is 2.94. The Bertz CT molecular complexity index is 953. The van der Waals surface area contributed by atoms with Gasteiger partial charge < -0.3 is 9.72 Å². The van der Waals surface area contributed by atoms with E-state index in [-0.39, 0.29) is 10.6 Å². The molecule has 24 heavy (non-hydrogen) atoms. The molecule has 1 heterocycles. The Morgan fingerprint density at radius 1 is 1.08 bits per heavy atom. The van der Waals surface area contributed by atoms with Gasteiger partial charge in [0.2, 0.25) is 0 Å². The van der Waals surface area contributed by atoms with Crippen LogP contribution in [0.2, 0.25) is 0 Å². The molecule has 0 radical (unpaired) electrons. The molecular weight excluding hydrogens is 331 g/mol. The number of aromatic nitrogens is 1. The summed E-state index contributed by atoms with van der Waals surface area (Å²) in [6.45, 7) is 0. The summed E-state index contributed by atoms with van der Waals surface area (Å²) in [6, 6.07) is 14.7. The van der Waals surface area contributed by atoms with Gasteiger partial charge in [0.25, 0.3) is 10.0 Å². The zero-order chi connectivity index (χ0) is 17.2. The second-order valence-corrected chi connectivity index (χ2v) is 6.75. The molecule has 0 aliphatic rings. The molecule has 0 bridgehead atoms. The number of sulfonamides is 1. The number of benzene rings is 2. The topological polar surface area (TPSA) is 71.2 Å². The van der Waals surface area contributed by atoms with Gasteiger partial charge in [-0.15, -0.1) is 0 Å². The maximum absolute atomic E-state index is 13.9. The molecule has 0 saturated carbocycles. The van der Waals surface area contributed by atoms with Crippen LogP contribution in [0.15, 0.2) is 65.7 Å². The largest absolute Gasteiger partial charge is 0.497 e. The zero-order valence-electron chi connectivity index (χ0n) is 12.8. The summed E-state index contributed by atoms with van der Waals surface area (Å²) in [5.74, 6) is -0.403. The first kappa shape index (κ1) is 16.1. The van der Waals surface area contributed by atoms with Crippen LogP contribution in [0.5, 0.6) is 5.75 Å². The molecule has 0 amide bonds. The Hall–Kier alpha value is -2.80. The first-order valence-electron chi connectivity index (χ1n) is 7.10. The molecule has 3 aromatic rings. The lowest BCUT2D eigenvalue weighted by molar-refractivity contribution is 0.411. The molecule has 2 aromatic carbocycles. The minimum Gasteiger partial charge on any atom is -0.497 e. The van der Waals surface area contributed by atoms with Gasteiger partial charge in [0, 0.05) is 18.0 Å². The van der Waals surface area contributed by atoms with Crippen molar-refractivity contribution in [1.29, 1.82) is 0 Å².